The zero-order chi connectivity index (χ0) is 25.6. The minimum atomic E-state index is -0.877. The summed E-state index contributed by atoms with van der Waals surface area (Å²) >= 11 is 1.56. The van der Waals surface area contributed by atoms with Crippen molar-refractivity contribution in [3.05, 3.63) is 60.2 Å². The van der Waals surface area contributed by atoms with E-state index in [1.165, 1.54) is 6.42 Å². The first-order valence-electron chi connectivity index (χ1n) is 13.5. The van der Waals surface area contributed by atoms with Crippen molar-refractivity contribution in [1.82, 2.24) is 9.80 Å². The van der Waals surface area contributed by atoms with Crippen molar-refractivity contribution in [2.45, 2.75) is 66.6 Å². The van der Waals surface area contributed by atoms with Crippen molar-refractivity contribution in [3.8, 4) is 0 Å². The molecule has 1 unspecified atom stereocenters. The van der Waals surface area contributed by atoms with Gasteiger partial charge in [0.05, 0.1) is 29.2 Å². The highest BCUT2D eigenvalue weighted by Crippen LogP contribution is 2.61. The van der Waals surface area contributed by atoms with E-state index in [-0.39, 0.29) is 42.3 Å². The van der Waals surface area contributed by atoms with E-state index in [0.29, 0.717) is 13.0 Å². The lowest BCUT2D eigenvalue weighted by Crippen LogP contribution is -2.58. The fourth-order valence-corrected chi connectivity index (χ4v) is 9.17. The largest absolute Gasteiger partial charge is 0.461 e. The van der Waals surface area contributed by atoms with Crippen molar-refractivity contribution in [2.75, 3.05) is 19.8 Å². The molecule has 0 radical (unpaired) electrons. The van der Waals surface area contributed by atoms with Crippen molar-refractivity contribution in [2.24, 2.45) is 11.8 Å². The minimum absolute atomic E-state index is 0.0550. The summed E-state index contributed by atoms with van der Waals surface area (Å²) in [4.78, 5) is 45.6. The van der Waals surface area contributed by atoms with Crippen LogP contribution in [0.4, 0.5) is 0 Å². The number of hydrogen-bond acceptors (Lipinski definition) is 6. The number of carbonyl (C=O) groups excluding carboxylic acids is 3. The highest BCUT2D eigenvalue weighted by molar-refractivity contribution is 8.02. The summed E-state index contributed by atoms with van der Waals surface area (Å²) in [5.41, 5.74) is 0.989. The molecule has 1 N–H and O–H groups in total. The number of aliphatic hydroxyl groups is 1. The summed E-state index contributed by atoms with van der Waals surface area (Å²) in [6.07, 6.45) is 13.6. The van der Waals surface area contributed by atoms with Crippen molar-refractivity contribution < 1.29 is 24.2 Å². The van der Waals surface area contributed by atoms with Gasteiger partial charge in [0.25, 0.3) is 0 Å². The van der Waals surface area contributed by atoms with Crippen LogP contribution in [0.25, 0.3) is 0 Å². The van der Waals surface area contributed by atoms with E-state index in [1.54, 1.807) is 16.7 Å². The van der Waals surface area contributed by atoms with E-state index < -0.39 is 28.7 Å². The first kappa shape index (κ1) is 24.7. The fourth-order valence-electron chi connectivity index (χ4n) is 7.18. The van der Waals surface area contributed by atoms with E-state index in [4.69, 9.17) is 4.74 Å². The number of fused-ring (bicyclic) bond motifs is 2. The maximum absolute atomic E-state index is 14.5. The third-order valence-electron chi connectivity index (χ3n) is 8.82. The standard InChI is InChI=1S/C29H34N2O5S/c32-18-21(17-19-9-3-1-4-10-19)31-25-27(34)30(20-11-5-2-6-12-20)15-8-14-29(25)24(26(31)33)23-22(37-29)13-7-16-36-28(23)35/h1,3-4,7-10,13-14,20-25,32H,2,5-6,11-12,15-18H2/t21-,22+,23-,24+,25?,29+/m1/s1. The van der Waals surface area contributed by atoms with Gasteiger partial charge in [0.1, 0.15) is 12.6 Å². The summed E-state index contributed by atoms with van der Waals surface area (Å²) in [5, 5.41) is 10.3. The predicted molar refractivity (Wildman–Crippen MR) is 141 cm³/mol. The van der Waals surface area contributed by atoms with Crippen LogP contribution < -0.4 is 0 Å². The number of nitrogens with zero attached hydrogens (tertiary/aromatic N) is 2. The van der Waals surface area contributed by atoms with Crippen LogP contribution in [0.5, 0.6) is 0 Å². The summed E-state index contributed by atoms with van der Waals surface area (Å²) in [5.74, 6) is -2.02. The lowest BCUT2D eigenvalue weighted by atomic mass is 9.78. The molecule has 2 amide bonds. The lowest BCUT2D eigenvalue weighted by Gasteiger charge is -2.41. The molecule has 6 rings (SSSR count). The van der Waals surface area contributed by atoms with Crippen LogP contribution in [0.2, 0.25) is 0 Å². The zero-order valence-electron chi connectivity index (χ0n) is 20.9. The Morgan fingerprint density at radius 1 is 1.05 bits per heavy atom. The Bertz CT molecular complexity index is 1120. The number of ether oxygens (including phenoxy) is 1. The molecule has 37 heavy (non-hydrogen) atoms. The second-order valence-electron chi connectivity index (χ2n) is 10.9. The molecular weight excluding hydrogens is 488 g/mol. The van der Waals surface area contributed by atoms with Crippen LogP contribution >= 0.6 is 11.8 Å². The molecule has 3 fully saturated rings. The number of esters is 1. The molecule has 1 aliphatic carbocycles. The van der Waals surface area contributed by atoms with Gasteiger partial charge in [0.2, 0.25) is 11.8 Å². The quantitative estimate of drug-likeness (QED) is 0.473. The molecule has 6 atom stereocenters. The van der Waals surface area contributed by atoms with Gasteiger partial charge < -0.3 is 19.6 Å². The molecule has 0 aromatic heterocycles. The van der Waals surface area contributed by atoms with Crippen LogP contribution in [-0.4, -0.2) is 80.6 Å². The normalized spacial score (nSPS) is 34.5. The smallest absolute Gasteiger partial charge is 0.311 e. The van der Waals surface area contributed by atoms with Gasteiger partial charge in [-0.3, -0.25) is 14.4 Å². The second kappa shape index (κ2) is 9.95. The molecule has 196 valence electrons. The van der Waals surface area contributed by atoms with Crippen molar-refractivity contribution in [1.29, 1.82) is 0 Å². The molecule has 8 heteroatoms. The van der Waals surface area contributed by atoms with Gasteiger partial charge in [-0.25, -0.2) is 0 Å². The Hall–Kier alpha value is -2.58. The molecular formula is C29H34N2O5S. The molecule has 4 heterocycles. The number of amides is 2. The number of likely N-dealkylation sites (tertiary alicyclic amines) is 1. The van der Waals surface area contributed by atoms with Crippen LogP contribution in [0.1, 0.15) is 37.7 Å². The average Bonchev–Trinajstić information content (AvgIpc) is 3.23. The van der Waals surface area contributed by atoms with Crippen molar-refractivity contribution in [3.63, 3.8) is 0 Å². The number of benzene rings is 1. The van der Waals surface area contributed by atoms with Gasteiger partial charge in [-0.15, -0.1) is 11.8 Å². The Morgan fingerprint density at radius 2 is 1.84 bits per heavy atom. The van der Waals surface area contributed by atoms with E-state index in [1.807, 2.05) is 59.5 Å². The van der Waals surface area contributed by atoms with E-state index in [9.17, 15) is 19.5 Å². The summed E-state index contributed by atoms with van der Waals surface area (Å²) in [6, 6.07) is 8.56. The van der Waals surface area contributed by atoms with Gasteiger partial charge >= 0.3 is 5.97 Å². The number of hydrogen-bond donors (Lipinski definition) is 1. The van der Waals surface area contributed by atoms with Gasteiger partial charge in [0.15, 0.2) is 0 Å². The van der Waals surface area contributed by atoms with Gasteiger partial charge in [-0.1, -0.05) is 73.9 Å². The molecule has 4 aliphatic heterocycles. The number of cyclic esters (lactones) is 1. The van der Waals surface area contributed by atoms with Crippen molar-refractivity contribution >= 4 is 29.5 Å². The first-order chi connectivity index (χ1) is 18.0. The third kappa shape index (κ3) is 4.04. The number of thioether (sulfide) groups is 1. The monoisotopic (exact) mass is 522 g/mol. The lowest BCUT2D eigenvalue weighted by molar-refractivity contribution is -0.152. The van der Waals surface area contributed by atoms with E-state index in [0.717, 1.165) is 31.2 Å². The molecule has 1 spiro atoms. The summed E-state index contributed by atoms with van der Waals surface area (Å²) in [6.45, 7) is 0.448. The Kier molecular flexibility index (Phi) is 6.65. The third-order valence-corrected chi connectivity index (χ3v) is 10.6. The SMILES string of the molecule is O=C1OCC=C[C@@H]2S[C@]34C=CCN(C5CCCCC5)C(=O)C3N([C@@H](CO)Cc3ccccc3)C(=O)[C@@H]4[C@H]12. The summed E-state index contributed by atoms with van der Waals surface area (Å²) < 4.78 is 4.59. The molecule has 1 aromatic rings. The fraction of sp³-hybridized carbons (Fsp3) is 0.552. The Balaban J connectivity index is 1.44. The van der Waals surface area contributed by atoms with E-state index >= 15 is 0 Å². The molecule has 0 bridgehead atoms. The van der Waals surface area contributed by atoms with Crippen LogP contribution in [0.3, 0.4) is 0 Å². The maximum atomic E-state index is 14.5. The van der Waals surface area contributed by atoms with Crippen LogP contribution in [0, 0.1) is 11.8 Å². The maximum Gasteiger partial charge on any atom is 0.311 e. The molecule has 1 aromatic carbocycles. The first-order valence-corrected chi connectivity index (χ1v) is 14.4. The Morgan fingerprint density at radius 3 is 2.59 bits per heavy atom. The molecule has 2 saturated heterocycles. The highest BCUT2D eigenvalue weighted by Gasteiger charge is 2.72. The highest BCUT2D eigenvalue weighted by atomic mass is 32.2. The molecule has 5 aliphatic rings. The molecule has 1 saturated carbocycles. The minimum Gasteiger partial charge on any atom is -0.461 e. The second-order valence-corrected chi connectivity index (χ2v) is 12.3. The number of carbonyl (C=O) groups is 3. The Labute approximate surface area is 221 Å². The topological polar surface area (TPSA) is 87.2 Å². The summed E-state index contributed by atoms with van der Waals surface area (Å²) in [7, 11) is 0. The van der Waals surface area contributed by atoms with Gasteiger partial charge in [0, 0.05) is 17.8 Å². The zero-order valence-corrected chi connectivity index (χ0v) is 21.7. The predicted octanol–water partition coefficient (Wildman–Crippen LogP) is 2.73. The van der Waals surface area contributed by atoms with Gasteiger partial charge in [-0.05, 0) is 24.8 Å². The van der Waals surface area contributed by atoms with Crippen LogP contribution in [0.15, 0.2) is 54.6 Å². The van der Waals surface area contributed by atoms with Crippen LogP contribution in [-0.2, 0) is 25.5 Å². The molecule has 7 nitrogen and oxygen atoms in total. The van der Waals surface area contributed by atoms with Gasteiger partial charge in [-0.2, -0.15) is 0 Å². The number of rotatable bonds is 5. The van der Waals surface area contributed by atoms with E-state index in [2.05, 4.69) is 0 Å². The average molecular weight is 523 g/mol. The number of aliphatic hydroxyl groups excluding tert-OH is 1.